The van der Waals surface area contributed by atoms with Crippen LogP contribution in [-0.2, 0) is 0 Å². The van der Waals surface area contributed by atoms with Crippen LogP contribution in [0.5, 0.6) is 11.5 Å². The standard InChI is InChI=1S/C9H11NO4/c1-3-14-9-6-7(13-2)4-5-8(9)10(11)12/h4-6H,3H2,1-2H3. The molecule has 0 aliphatic heterocycles. The first kappa shape index (κ1) is 10.3. The molecule has 0 N–H and O–H groups in total. The highest BCUT2D eigenvalue weighted by molar-refractivity contribution is 5.50. The van der Waals surface area contributed by atoms with Crippen molar-refractivity contribution in [3.63, 3.8) is 0 Å². The van der Waals surface area contributed by atoms with E-state index in [1.54, 1.807) is 6.92 Å². The number of methoxy groups -OCH3 is 1. The van der Waals surface area contributed by atoms with Gasteiger partial charge in [0.25, 0.3) is 0 Å². The number of nitro benzene ring substituents is 1. The van der Waals surface area contributed by atoms with E-state index in [2.05, 4.69) is 0 Å². The SMILES string of the molecule is CCOc1cc(OC)ccc1[N+](=O)[O-]. The summed E-state index contributed by atoms with van der Waals surface area (Å²) < 4.78 is 10.1. The van der Waals surface area contributed by atoms with Gasteiger partial charge in [-0.05, 0) is 13.0 Å². The van der Waals surface area contributed by atoms with Crippen molar-refractivity contribution in [3.05, 3.63) is 28.3 Å². The molecule has 5 heteroatoms. The van der Waals surface area contributed by atoms with Gasteiger partial charge in [-0.2, -0.15) is 0 Å². The number of rotatable bonds is 4. The molecule has 0 fully saturated rings. The number of hydrogen-bond acceptors (Lipinski definition) is 4. The molecule has 0 aliphatic rings. The molecule has 1 aromatic rings. The number of nitrogens with zero attached hydrogens (tertiary/aromatic N) is 1. The van der Waals surface area contributed by atoms with Crippen molar-refractivity contribution in [2.45, 2.75) is 6.92 Å². The lowest BCUT2D eigenvalue weighted by atomic mass is 10.3. The molecule has 0 bridgehead atoms. The highest BCUT2D eigenvalue weighted by Crippen LogP contribution is 2.30. The fraction of sp³-hybridized carbons (Fsp3) is 0.333. The fourth-order valence-electron chi connectivity index (χ4n) is 1.04. The van der Waals surface area contributed by atoms with Crippen LogP contribution >= 0.6 is 0 Å². The van der Waals surface area contributed by atoms with E-state index in [0.717, 1.165) is 0 Å². The normalized spacial score (nSPS) is 9.57. The minimum Gasteiger partial charge on any atom is -0.497 e. The Labute approximate surface area is 81.4 Å². The molecule has 0 saturated carbocycles. The Morgan fingerprint density at radius 3 is 2.71 bits per heavy atom. The van der Waals surface area contributed by atoms with E-state index in [1.165, 1.54) is 25.3 Å². The second kappa shape index (κ2) is 4.45. The van der Waals surface area contributed by atoms with Crippen LogP contribution in [0.2, 0.25) is 0 Å². The maximum absolute atomic E-state index is 10.6. The number of ether oxygens (including phenoxy) is 2. The average molecular weight is 197 g/mol. The number of hydrogen-bond donors (Lipinski definition) is 0. The molecule has 76 valence electrons. The van der Waals surface area contributed by atoms with Crippen LogP contribution < -0.4 is 9.47 Å². The third-order valence-electron chi connectivity index (χ3n) is 1.66. The van der Waals surface area contributed by atoms with Crippen LogP contribution in [0.4, 0.5) is 5.69 Å². The predicted octanol–water partition coefficient (Wildman–Crippen LogP) is 2.00. The molecule has 0 saturated heterocycles. The molecule has 1 aromatic carbocycles. The lowest BCUT2D eigenvalue weighted by Crippen LogP contribution is -1.97. The molecule has 0 aliphatic carbocycles. The van der Waals surface area contributed by atoms with Gasteiger partial charge in [0.1, 0.15) is 5.75 Å². The molecule has 0 atom stereocenters. The second-order valence-corrected chi connectivity index (χ2v) is 2.52. The van der Waals surface area contributed by atoms with Crippen LogP contribution in [-0.4, -0.2) is 18.6 Å². The van der Waals surface area contributed by atoms with E-state index in [0.29, 0.717) is 12.4 Å². The van der Waals surface area contributed by atoms with E-state index in [1.807, 2.05) is 0 Å². The summed E-state index contributed by atoms with van der Waals surface area (Å²) in [7, 11) is 1.50. The molecule has 0 amide bonds. The molecule has 1 rings (SSSR count). The zero-order chi connectivity index (χ0) is 10.6. The maximum Gasteiger partial charge on any atom is 0.311 e. The monoisotopic (exact) mass is 197 g/mol. The van der Waals surface area contributed by atoms with Crippen LogP contribution in [0.1, 0.15) is 6.92 Å². The Hall–Kier alpha value is -1.78. The Morgan fingerprint density at radius 2 is 2.21 bits per heavy atom. The minimum absolute atomic E-state index is 0.0485. The lowest BCUT2D eigenvalue weighted by molar-refractivity contribution is -0.385. The average Bonchev–Trinajstić information content (AvgIpc) is 2.17. The lowest BCUT2D eigenvalue weighted by Gasteiger charge is -2.05. The molecule has 14 heavy (non-hydrogen) atoms. The molecule has 5 nitrogen and oxygen atoms in total. The highest BCUT2D eigenvalue weighted by atomic mass is 16.6. The first-order valence-electron chi connectivity index (χ1n) is 4.14. The van der Waals surface area contributed by atoms with Gasteiger partial charge in [0.05, 0.1) is 18.6 Å². The molecular formula is C9H11NO4. The van der Waals surface area contributed by atoms with Gasteiger partial charge >= 0.3 is 5.69 Å². The van der Waals surface area contributed by atoms with Crippen molar-refractivity contribution in [1.29, 1.82) is 0 Å². The van der Waals surface area contributed by atoms with Gasteiger partial charge in [0.15, 0.2) is 0 Å². The van der Waals surface area contributed by atoms with Crippen molar-refractivity contribution in [1.82, 2.24) is 0 Å². The first-order chi connectivity index (χ1) is 6.69. The van der Waals surface area contributed by atoms with Crippen molar-refractivity contribution in [2.75, 3.05) is 13.7 Å². The van der Waals surface area contributed by atoms with Crippen molar-refractivity contribution < 1.29 is 14.4 Å². The van der Waals surface area contributed by atoms with Gasteiger partial charge in [0, 0.05) is 12.1 Å². The molecular weight excluding hydrogens is 186 g/mol. The summed E-state index contributed by atoms with van der Waals surface area (Å²) in [5.74, 6) is 0.774. The second-order valence-electron chi connectivity index (χ2n) is 2.52. The topological polar surface area (TPSA) is 61.6 Å². The summed E-state index contributed by atoms with van der Waals surface area (Å²) in [5.41, 5.74) is -0.0485. The maximum atomic E-state index is 10.6. The smallest absolute Gasteiger partial charge is 0.311 e. The van der Waals surface area contributed by atoms with Crippen molar-refractivity contribution in [3.8, 4) is 11.5 Å². The summed E-state index contributed by atoms with van der Waals surface area (Å²) in [4.78, 5) is 10.1. The summed E-state index contributed by atoms with van der Waals surface area (Å²) in [6.07, 6.45) is 0. The van der Waals surface area contributed by atoms with Gasteiger partial charge < -0.3 is 9.47 Å². The van der Waals surface area contributed by atoms with Crippen LogP contribution in [0.3, 0.4) is 0 Å². The summed E-state index contributed by atoms with van der Waals surface area (Å²) in [5, 5.41) is 10.6. The van der Waals surface area contributed by atoms with Crippen molar-refractivity contribution in [2.24, 2.45) is 0 Å². The van der Waals surface area contributed by atoms with Crippen LogP contribution in [0, 0.1) is 10.1 Å². The summed E-state index contributed by atoms with van der Waals surface area (Å²) in [6, 6.07) is 4.39. The molecule has 0 aromatic heterocycles. The van der Waals surface area contributed by atoms with Crippen LogP contribution in [0.25, 0.3) is 0 Å². The fourth-order valence-corrected chi connectivity index (χ4v) is 1.04. The molecule has 0 radical (unpaired) electrons. The first-order valence-corrected chi connectivity index (χ1v) is 4.14. The molecule has 0 spiro atoms. The van der Waals surface area contributed by atoms with Gasteiger partial charge in [-0.3, -0.25) is 10.1 Å². The van der Waals surface area contributed by atoms with Gasteiger partial charge in [-0.25, -0.2) is 0 Å². The molecule has 0 unspecified atom stereocenters. The zero-order valence-electron chi connectivity index (χ0n) is 8.02. The Morgan fingerprint density at radius 1 is 1.50 bits per heavy atom. The predicted molar refractivity (Wildman–Crippen MR) is 50.8 cm³/mol. The van der Waals surface area contributed by atoms with Gasteiger partial charge in [-0.15, -0.1) is 0 Å². The zero-order valence-corrected chi connectivity index (χ0v) is 8.02. The van der Waals surface area contributed by atoms with E-state index in [-0.39, 0.29) is 11.4 Å². The quantitative estimate of drug-likeness (QED) is 0.547. The number of benzene rings is 1. The Kier molecular flexibility index (Phi) is 3.28. The highest BCUT2D eigenvalue weighted by Gasteiger charge is 2.15. The van der Waals surface area contributed by atoms with Crippen LogP contribution in [0.15, 0.2) is 18.2 Å². The summed E-state index contributed by atoms with van der Waals surface area (Å²) >= 11 is 0. The van der Waals surface area contributed by atoms with E-state index >= 15 is 0 Å². The third-order valence-corrected chi connectivity index (χ3v) is 1.66. The van der Waals surface area contributed by atoms with Gasteiger partial charge in [-0.1, -0.05) is 0 Å². The Balaban J connectivity index is 3.10. The Bertz CT molecular complexity index is 338. The van der Waals surface area contributed by atoms with E-state index in [4.69, 9.17) is 9.47 Å². The molecule has 0 heterocycles. The van der Waals surface area contributed by atoms with Gasteiger partial charge in [0.2, 0.25) is 5.75 Å². The third kappa shape index (κ3) is 2.12. The van der Waals surface area contributed by atoms with E-state index in [9.17, 15) is 10.1 Å². The largest absolute Gasteiger partial charge is 0.497 e. The van der Waals surface area contributed by atoms with Crippen molar-refractivity contribution >= 4 is 5.69 Å². The van der Waals surface area contributed by atoms with E-state index < -0.39 is 4.92 Å². The summed E-state index contributed by atoms with van der Waals surface area (Å²) in [6.45, 7) is 2.15. The number of nitro groups is 1. The minimum atomic E-state index is -0.482.